The van der Waals surface area contributed by atoms with E-state index in [9.17, 15) is 9.59 Å². The Kier molecular flexibility index (Phi) is 6.23. The molecule has 0 N–H and O–H groups in total. The van der Waals surface area contributed by atoms with Crippen LogP contribution in [0.3, 0.4) is 0 Å². The molecule has 7 nitrogen and oxygen atoms in total. The van der Waals surface area contributed by atoms with Crippen LogP contribution in [-0.2, 0) is 11.3 Å². The summed E-state index contributed by atoms with van der Waals surface area (Å²) in [6.45, 7) is 3.70. The monoisotopic (exact) mass is 397 g/mol. The number of rotatable bonds is 6. The normalized spacial score (nSPS) is 22.4. The third kappa shape index (κ3) is 4.50. The maximum absolute atomic E-state index is 12.7. The molecule has 2 saturated heterocycles. The second-order valence-electron chi connectivity index (χ2n) is 8.51. The Bertz CT molecular complexity index is 909. The Hall–Kier alpha value is -2.28. The molecule has 2 atom stereocenters. The number of carbonyl (C=O) groups is 1. The maximum atomic E-state index is 12.7. The molecule has 2 aliphatic heterocycles. The van der Waals surface area contributed by atoms with E-state index in [0.29, 0.717) is 42.2 Å². The van der Waals surface area contributed by atoms with Crippen LogP contribution < -0.4 is 5.56 Å². The van der Waals surface area contributed by atoms with Gasteiger partial charge in [0.15, 0.2) is 0 Å². The molecule has 156 valence electrons. The van der Waals surface area contributed by atoms with E-state index in [2.05, 4.69) is 15.2 Å². The van der Waals surface area contributed by atoms with Gasteiger partial charge in [0.05, 0.1) is 5.39 Å². The van der Waals surface area contributed by atoms with Gasteiger partial charge in [0.25, 0.3) is 5.56 Å². The van der Waals surface area contributed by atoms with Gasteiger partial charge in [-0.25, -0.2) is 4.68 Å². The van der Waals surface area contributed by atoms with Crippen molar-refractivity contribution in [1.82, 2.24) is 24.8 Å². The average Bonchev–Trinajstić information content (AvgIpc) is 2.75. The summed E-state index contributed by atoms with van der Waals surface area (Å²) < 4.78 is 1.37. The first kappa shape index (κ1) is 20.0. The molecule has 29 heavy (non-hydrogen) atoms. The molecule has 7 heteroatoms. The van der Waals surface area contributed by atoms with Crippen molar-refractivity contribution in [2.24, 2.45) is 5.92 Å². The van der Waals surface area contributed by atoms with E-state index in [1.54, 1.807) is 12.1 Å². The lowest BCUT2D eigenvalue weighted by atomic mass is 9.83. The molecule has 1 aromatic heterocycles. The van der Waals surface area contributed by atoms with Crippen LogP contribution in [0, 0.1) is 5.92 Å². The van der Waals surface area contributed by atoms with Crippen molar-refractivity contribution in [3.63, 3.8) is 0 Å². The predicted molar refractivity (Wildman–Crippen MR) is 113 cm³/mol. The van der Waals surface area contributed by atoms with Crippen LogP contribution in [0.15, 0.2) is 29.1 Å². The van der Waals surface area contributed by atoms with Gasteiger partial charge >= 0.3 is 0 Å². The first-order chi connectivity index (χ1) is 14.1. The van der Waals surface area contributed by atoms with Crippen molar-refractivity contribution in [2.45, 2.75) is 57.5 Å². The lowest BCUT2D eigenvalue weighted by molar-refractivity contribution is -0.131. The van der Waals surface area contributed by atoms with Gasteiger partial charge in [-0.2, -0.15) is 0 Å². The van der Waals surface area contributed by atoms with Gasteiger partial charge in [-0.3, -0.25) is 9.59 Å². The van der Waals surface area contributed by atoms with Crippen LogP contribution in [0.5, 0.6) is 0 Å². The summed E-state index contributed by atoms with van der Waals surface area (Å²) in [5.41, 5.74) is 0.463. The minimum Gasteiger partial charge on any atom is -0.345 e. The van der Waals surface area contributed by atoms with E-state index in [0.717, 1.165) is 6.54 Å². The van der Waals surface area contributed by atoms with Crippen molar-refractivity contribution in [1.29, 1.82) is 0 Å². The first-order valence-corrected chi connectivity index (χ1v) is 10.9. The zero-order valence-corrected chi connectivity index (χ0v) is 17.3. The molecule has 0 radical (unpaired) electrons. The van der Waals surface area contributed by atoms with Crippen molar-refractivity contribution in [2.75, 3.05) is 26.7 Å². The zero-order valence-electron chi connectivity index (χ0n) is 17.3. The fraction of sp³-hybridized carbons (Fsp3) is 0.636. The second-order valence-corrected chi connectivity index (χ2v) is 8.51. The standard InChI is InChI=1S/C22H31N5O2/c1-25(16-17-8-6-14-26-13-5-4-11-20(17)26)21(28)12-7-15-27-22(29)18-9-2-3-10-19(18)23-24-27/h2-3,9-10,17,20H,4-8,11-16H2,1H3/t17-,20-/m0/s1. The molecule has 2 fully saturated rings. The lowest BCUT2D eigenvalue weighted by Gasteiger charge is -2.45. The number of amides is 1. The summed E-state index contributed by atoms with van der Waals surface area (Å²) in [5.74, 6) is 0.742. The molecule has 4 rings (SSSR count). The Morgan fingerprint density at radius 3 is 2.90 bits per heavy atom. The van der Waals surface area contributed by atoms with Crippen LogP contribution in [0.25, 0.3) is 10.9 Å². The highest BCUT2D eigenvalue weighted by Gasteiger charge is 2.33. The number of piperidine rings is 2. The van der Waals surface area contributed by atoms with Gasteiger partial charge < -0.3 is 9.80 Å². The van der Waals surface area contributed by atoms with E-state index in [1.807, 2.05) is 24.1 Å². The number of hydrogen-bond donors (Lipinski definition) is 0. The van der Waals surface area contributed by atoms with Gasteiger partial charge in [0.1, 0.15) is 5.52 Å². The molecule has 0 unspecified atom stereocenters. The Morgan fingerprint density at radius 1 is 1.17 bits per heavy atom. The topological polar surface area (TPSA) is 71.3 Å². The predicted octanol–water partition coefficient (Wildman–Crippen LogP) is 2.29. The highest BCUT2D eigenvalue weighted by molar-refractivity contribution is 5.76. The zero-order chi connectivity index (χ0) is 20.2. The van der Waals surface area contributed by atoms with Crippen molar-refractivity contribution in [3.05, 3.63) is 34.6 Å². The Labute approximate surface area is 171 Å². The molecule has 1 amide bonds. The molecule has 2 aromatic rings. The smallest absolute Gasteiger partial charge is 0.277 e. The highest BCUT2D eigenvalue weighted by atomic mass is 16.2. The summed E-state index contributed by atoms with van der Waals surface area (Å²) >= 11 is 0. The fourth-order valence-corrected chi connectivity index (χ4v) is 4.98. The van der Waals surface area contributed by atoms with Crippen LogP contribution in [0.4, 0.5) is 0 Å². The van der Waals surface area contributed by atoms with Gasteiger partial charge in [-0.15, -0.1) is 5.10 Å². The van der Waals surface area contributed by atoms with E-state index in [4.69, 9.17) is 0 Å². The van der Waals surface area contributed by atoms with Crippen LogP contribution >= 0.6 is 0 Å². The van der Waals surface area contributed by atoms with Crippen LogP contribution in [0.2, 0.25) is 0 Å². The number of hydrogen-bond acceptors (Lipinski definition) is 5. The van der Waals surface area contributed by atoms with Gasteiger partial charge in [0.2, 0.25) is 5.91 Å². The van der Waals surface area contributed by atoms with Crippen molar-refractivity contribution < 1.29 is 4.79 Å². The Morgan fingerprint density at radius 2 is 2.00 bits per heavy atom. The summed E-state index contributed by atoms with van der Waals surface area (Å²) in [5, 5.41) is 8.68. The van der Waals surface area contributed by atoms with Gasteiger partial charge in [0, 0.05) is 32.6 Å². The summed E-state index contributed by atoms with van der Waals surface area (Å²) in [6, 6.07) is 7.87. The number of aromatic nitrogens is 3. The molecule has 3 heterocycles. The van der Waals surface area contributed by atoms with Gasteiger partial charge in [-0.05, 0) is 63.2 Å². The van der Waals surface area contributed by atoms with E-state index >= 15 is 0 Å². The average molecular weight is 398 g/mol. The van der Waals surface area contributed by atoms with E-state index in [-0.39, 0.29) is 11.5 Å². The number of benzene rings is 1. The number of carbonyl (C=O) groups excluding carboxylic acids is 1. The SMILES string of the molecule is CN(C[C@@H]1CCCN2CCCC[C@@H]12)C(=O)CCCn1nnc2ccccc2c1=O. The Balaban J connectivity index is 1.29. The molecule has 2 aliphatic rings. The van der Waals surface area contributed by atoms with Crippen molar-refractivity contribution in [3.8, 4) is 0 Å². The fourth-order valence-electron chi connectivity index (χ4n) is 4.98. The highest BCUT2D eigenvalue weighted by Crippen LogP contribution is 2.31. The van der Waals surface area contributed by atoms with E-state index in [1.165, 1.54) is 49.9 Å². The third-order valence-electron chi connectivity index (χ3n) is 6.55. The molecule has 1 aromatic carbocycles. The third-order valence-corrected chi connectivity index (χ3v) is 6.55. The molecular weight excluding hydrogens is 366 g/mol. The first-order valence-electron chi connectivity index (χ1n) is 10.9. The molecule has 0 aliphatic carbocycles. The van der Waals surface area contributed by atoms with Crippen molar-refractivity contribution >= 4 is 16.8 Å². The number of aryl methyl sites for hydroxylation is 1. The largest absolute Gasteiger partial charge is 0.345 e. The summed E-state index contributed by atoms with van der Waals surface area (Å²) in [7, 11) is 1.92. The van der Waals surface area contributed by atoms with E-state index < -0.39 is 0 Å². The summed E-state index contributed by atoms with van der Waals surface area (Å²) in [6.07, 6.45) is 7.39. The van der Waals surface area contributed by atoms with Crippen LogP contribution in [0.1, 0.15) is 44.9 Å². The molecule has 0 saturated carbocycles. The maximum Gasteiger partial charge on any atom is 0.277 e. The second kappa shape index (κ2) is 9.03. The molecule has 0 bridgehead atoms. The van der Waals surface area contributed by atoms with Gasteiger partial charge in [-0.1, -0.05) is 23.8 Å². The number of nitrogens with zero attached hydrogens (tertiary/aromatic N) is 5. The lowest BCUT2D eigenvalue weighted by Crippen LogP contribution is -2.51. The minimum absolute atomic E-state index is 0.143. The quantitative estimate of drug-likeness (QED) is 0.748. The number of fused-ring (bicyclic) bond motifs is 2. The molecule has 0 spiro atoms. The minimum atomic E-state index is -0.143. The summed E-state index contributed by atoms with van der Waals surface area (Å²) in [4.78, 5) is 29.7. The molecular formula is C22H31N5O2. The van der Waals surface area contributed by atoms with Crippen LogP contribution in [-0.4, -0.2) is 63.4 Å².